The number of benzene rings is 3. The summed E-state index contributed by atoms with van der Waals surface area (Å²) in [5.74, 6) is -0.297. The third-order valence-electron chi connectivity index (χ3n) is 4.77. The first-order valence-corrected chi connectivity index (χ1v) is 10.0. The molecule has 0 heterocycles. The molecule has 0 aliphatic heterocycles. The van der Waals surface area contributed by atoms with Gasteiger partial charge in [-0.2, -0.15) is 0 Å². The van der Waals surface area contributed by atoms with E-state index in [1.54, 1.807) is 56.7 Å². The van der Waals surface area contributed by atoms with Gasteiger partial charge in [-0.05, 0) is 48.4 Å². The van der Waals surface area contributed by atoms with Crippen molar-refractivity contribution in [2.45, 2.75) is 18.9 Å². The van der Waals surface area contributed by atoms with Crippen LogP contribution in [0.15, 0.2) is 72.8 Å². The Labute approximate surface area is 185 Å². The van der Waals surface area contributed by atoms with Crippen molar-refractivity contribution >= 4 is 17.6 Å². The van der Waals surface area contributed by atoms with Gasteiger partial charge in [0.1, 0.15) is 5.82 Å². The molecule has 166 valence electrons. The first-order valence-electron chi connectivity index (χ1n) is 10.0. The molecule has 0 radical (unpaired) electrons. The number of amides is 1. The fourth-order valence-corrected chi connectivity index (χ4v) is 3.11. The Hall–Kier alpha value is -3.87. The highest BCUT2D eigenvalue weighted by Gasteiger charge is 2.25. The molecule has 1 atom stereocenters. The molecule has 3 aromatic carbocycles. The van der Waals surface area contributed by atoms with Gasteiger partial charge in [-0.3, -0.25) is 9.59 Å². The monoisotopic (exact) mass is 437 g/mol. The third-order valence-corrected chi connectivity index (χ3v) is 4.77. The molecule has 6 nitrogen and oxygen atoms in total. The highest BCUT2D eigenvalue weighted by atomic mass is 19.1. The van der Waals surface area contributed by atoms with E-state index in [4.69, 9.17) is 14.2 Å². The molecule has 0 spiro atoms. The second kappa shape index (κ2) is 10.9. The Bertz CT molecular complexity index is 1050. The highest BCUT2D eigenvalue weighted by molar-refractivity contribution is 5.96. The van der Waals surface area contributed by atoms with Crippen LogP contribution in [0.2, 0.25) is 0 Å². The number of carbonyl (C=O) groups is 2. The number of aryl methyl sites for hydroxylation is 1. The molecule has 1 amide bonds. The van der Waals surface area contributed by atoms with E-state index in [0.717, 1.165) is 5.56 Å². The molecule has 3 rings (SSSR count). The summed E-state index contributed by atoms with van der Waals surface area (Å²) < 4.78 is 29.2. The summed E-state index contributed by atoms with van der Waals surface area (Å²) in [5, 5.41) is 2.66. The molecule has 0 saturated carbocycles. The van der Waals surface area contributed by atoms with Crippen LogP contribution in [0.3, 0.4) is 0 Å². The summed E-state index contributed by atoms with van der Waals surface area (Å²) in [7, 11) is 3.09. The van der Waals surface area contributed by atoms with Crippen LogP contribution < -0.4 is 14.8 Å². The molecule has 1 N–H and O–H groups in total. The van der Waals surface area contributed by atoms with Gasteiger partial charge in [0, 0.05) is 17.7 Å². The summed E-state index contributed by atoms with van der Waals surface area (Å²) in [6.07, 6.45) is -0.665. The highest BCUT2D eigenvalue weighted by Crippen LogP contribution is 2.28. The van der Waals surface area contributed by atoms with Crippen molar-refractivity contribution in [3.05, 3.63) is 89.7 Å². The fraction of sp³-hybridized carbons (Fsp3) is 0.200. The maximum absolute atomic E-state index is 13.1. The van der Waals surface area contributed by atoms with Gasteiger partial charge >= 0.3 is 5.97 Å². The van der Waals surface area contributed by atoms with Gasteiger partial charge in [-0.25, -0.2) is 4.39 Å². The molecule has 0 saturated heterocycles. The molecule has 0 aliphatic rings. The maximum atomic E-state index is 13.1. The van der Waals surface area contributed by atoms with E-state index in [0.29, 0.717) is 29.2 Å². The first kappa shape index (κ1) is 22.8. The van der Waals surface area contributed by atoms with Gasteiger partial charge in [0.05, 0.1) is 14.2 Å². The van der Waals surface area contributed by atoms with Gasteiger partial charge < -0.3 is 19.5 Å². The average molecular weight is 437 g/mol. The third kappa shape index (κ3) is 6.07. The smallest absolute Gasteiger partial charge is 0.307 e. The number of methoxy groups -OCH3 is 2. The van der Waals surface area contributed by atoms with Crippen molar-refractivity contribution in [2.75, 3.05) is 19.5 Å². The largest absolute Gasteiger partial charge is 0.493 e. The van der Waals surface area contributed by atoms with Crippen LogP contribution in [-0.4, -0.2) is 26.1 Å². The van der Waals surface area contributed by atoms with Crippen molar-refractivity contribution in [3.63, 3.8) is 0 Å². The lowest BCUT2D eigenvalue weighted by atomic mass is 10.1. The first-order chi connectivity index (χ1) is 15.5. The number of esters is 1. The predicted octanol–water partition coefficient (Wildman–Crippen LogP) is 4.70. The molecular weight excluding hydrogens is 413 g/mol. The van der Waals surface area contributed by atoms with Crippen LogP contribution >= 0.6 is 0 Å². The molecule has 7 heteroatoms. The second-order valence-electron chi connectivity index (χ2n) is 6.97. The molecule has 3 aromatic rings. The summed E-state index contributed by atoms with van der Waals surface area (Å²) in [5.41, 5.74) is 1.80. The van der Waals surface area contributed by atoms with E-state index in [-0.39, 0.29) is 6.42 Å². The van der Waals surface area contributed by atoms with Crippen LogP contribution in [0.4, 0.5) is 10.1 Å². The number of anilines is 1. The van der Waals surface area contributed by atoms with Gasteiger partial charge in [0.2, 0.25) is 6.10 Å². The molecule has 32 heavy (non-hydrogen) atoms. The number of hydrogen-bond acceptors (Lipinski definition) is 5. The number of carbonyl (C=O) groups excluding carboxylic acids is 2. The zero-order chi connectivity index (χ0) is 22.9. The fourth-order valence-electron chi connectivity index (χ4n) is 3.11. The van der Waals surface area contributed by atoms with Crippen LogP contribution in [0, 0.1) is 5.82 Å². The molecule has 0 bridgehead atoms. The summed E-state index contributed by atoms with van der Waals surface area (Å²) in [6.45, 7) is 0. The van der Waals surface area contributed by atoms with Crippen LogP contribution in [0.25, 0.3) is 0 Å². The summed E-state index contributed by atoms with van der Waals surface area (Å²) in [6, 6.07) is 19.5. The molecule has 0 aliphatic carbocycles. The number of halogens is 1. The lowest BCUT2D eigenvalue weighted by molar-refractivity contribution is -0.154. The Balaban J connectivity index is 1.68. The van der Waals surface area contributed by atoms with Crippen LogP contribution in [-0.2, 0) is 20.7 Å². The van der Waals surface area contributed by atoms with Gasteiger partial charge in [0.15, 0.2) is 11.5 Å². The van der Waals surface area contributed by atoms with Crippen LogP contribution in [0.5, 0.6) is 11.5 Å². The standard InChI is InChI=1S/C25H24FNO5/c1-30-21-14-8-17(16-22(21)31-2)9-15-23(28)32-24(18-6-4-3-5-7-18)25(29)27-20-12-10-19(26)11-13-20/h3-8,10-14,16,24H,9,15H2,1-2H3,(H,27,29). The summed E-state index contributed by atoms with van der Waals surface area (Å²) in [4.78, 5) is 25.4. The Kier molecular flexibility index (Phi) is 7.80. The van der Waals surface area contributed by atoms with Crippen molar-refractivity contribution in [3.8, 4) is 11.5 Å². The van der Waals surface area contributed by atoms with E-state index in [1.807, 2.05) is 6.07 Å². The molecule has 1 unspecified atom stereocenters. The van der Waals surface area contributed by atoms with Gasteiger partial charge in [-0.1, -0.05) is 36.4 Å². The normalized spacial score (nSPS) is 11.3. The topological polar surface area (TPSA) is 73.9 Å². The average Bonchev–Trinajstić information content (AvgIpc) is 2.82. The van der Waals surface area contributed by atoms with Crippen molar-refractivity contribution in [1.29, 1.82) is 0 Å². The van der Waals surface area contributed by atoms with E-state index in [9.17, 15) is 14.0 Å². The van der Waals surface area contributed by atoms with E-state index >= 15 is 0 Å². The number of ether oxygens (including phenoxy) is 3. The Morgan fingerprint density at radius 3 is 2.25 bits per heavy atom. The van der Waals surface area contributed by atoms with E-state index in [2.05, 4.69) is 5.32 Å². The number of rotatable bonds is 9. The zero-order valence-corrected chi connectivity index (χ0v) is 17.8. The lowest BCUT2D eigenvalue weighted by Gasteiger charge is -2.18. The maximum Gasteiger partial charge on any atom is 0.307 e. The number of nitrogens with one attached hydrogen (secondary N) is 1. The van der Waals surface area contributed by atoms with Crippen molar-refractivity contribution < 1.29 is 28.2 Å². The quantitative estimate of drug-likeness (QED) is 0.491. The minimum Gasteiger partial charge on any atom is -0.493 e. The number of hydrogen-bond donors (Lipinski definition) is 1. The van der Waals surface area contributed by atoms with E-state index in [1.165, 1.54) is 24.3 Å². The zero-order valence-electron chi connectivity index (χ0n) is 17.8. The summed E-state index contributed by atoms with van der Waals surface area (Å²) >= 11 is 0. The Morgan fingerprint density at radius 2 is 1.59 bits per heavy atom. The predicted molar refractivity (Wildman–Crippen MR) is 118 cm³/mol. The van der Waals surface area contributed by atoms with E-state index < -0.39 is 23.8 Å². The minimum atomic E-state index is -1.14. The molecule has 0 aromatic heterocycles. The lowest BCUT2D eigenvalue weighted by Crippen LogP contribution is -2.26. The van der Waals surface area contributed by atoms with Gasteiger partial charge in [0.25, 0.3) is 5.91 Å². The molecule has 0 fully saturated rings. The second-order valence-corrected chi connectivity index (χ2v) is 6.97. The molecular formula is C25H24FNO5. The SMILES string of the molecule is COc1ccc(CCC(=O)OC(C(=O)Nc2ccc(F)cc2)c2ccccc2)cc1OC. The van der Waals surface area contributed by atoms with Crippen LogP contribution in [0.1, 0.15) is 23.7 Å². The minimum absolute atomic E-state index is 0.0721. The van der Waals surface area contributed by atoms with Gasteiger partial charge in [-0.15, -0.1) is 0 Å². The van der Waals surface area contributed by atoms with Crippen molar-refractivity contribution in [1.82, 2.24) is 0 Å². The Morgan fingerprint density at radius 1 is 0.906 bits per heavy atom. The van der Waals surface area contributed by atoms with Crippen molar-refractivity contribution in [2.24, 2.45) is 0 Å².